The van der Waals surface area contributed by atoms with Gasteiger partial charge in [-0.25, -0.2) is 0 Å². The van der Waals surface area contributed by atoms with Crippen LogP contribution in [-0.2, 0) is 4.79 Å². The minimum absolute atomic E-state index is 0.0237. The van der Waals surface area contributed by atoms with Gasteiger partial charge < -0.3 is 25.0 Å². The molecular formula is C8H18N2O4Si. The molecule has 1 heterocycles. The van der Waals surface area contributed by atoms with E-state index in [1.165, 1.54) is 0 Å². The van der Waals surface area contributed by atoms with Gasteiger partial charge in [-0.05, 0) is 18.9 Å². The molecule has 1 unspecified atom stereocenters. The molecule has 0 radical (unpaired) electrons. The average Bonchev–Trinajstić information content (AvgIpc) is 2.45. The highest BCUT2D eigenvalue weighted by Crippen LogP contribution is 2.17. The van der Waals surface area contributed by atoms with Gasteiger partial charge >= 0.3 is 8.80 Å². The van der Waals surface area contributed by atoms with Crippen molar-refractivity contribution in [3.05, 3.63) is 0 Å². The highest BCUT2D eigenvalue weighted by Gasteiger charge is 2.30. The van der Waals surface area contributed by atoms with Crippen molar-refractivity contribution in [1.82, 2.24) is 4.90 Å². The number of hydrogen-bond donors (Lipinski definition) is 4. The number of nitrogens with two attached hydrogens (primary N) is 1. The molecule has 1 saturated heterocycles. The summed E-state index contributed by atoms with van der Waals surface area (Å²) in [5.74, 6) is 0.281. The molecule has 1 atom stereocenters. The van der Waals surface area contributed by atoms with E-state index in [4.69, 9.17) is 20.1 Å². The first-order valence-electron chi connectivity index (χ1n) is 5.07. The summed E-state index contributed by atoms with van der Waals surface area (Å²) < 4.78 is 0. The molecule has 0 bridgehead atoms. The molecule has 5 N–H and O–H groups in total. The Balaban J connectivity index is 2.25. The van der Waals surface area contributed by atoms with Gasteiger partial charge in [0.2, 0.25) is 5.91 Å². The summed E-state index contributed by atoms with van der Waals surface area (Å²) in [6, 6.07) is -0.0237. The van der Waals surface area contributed by atoms with E-state index >= 15 is 0 Å². The SMILES string of the molecule is NCC1CC(=O)N(CCC[Si](O)(O)O)C1. The van der Waals surface area contributed by atoms with Crippen molar-refractivity contribution in [2.45, 2.75) is 18.9 Å². The van der Waals surface area contributed by atoms with Crippen molar-refractivity contribution in [3.63, 3.8) is 0 Å². The molecule has 6 nitrogen and oxygen atoms in total. The number of carbonyl (C=O) groups excluding carboxylic acids is 1. The Morgan fingerprint density at radius 1 is 1.47 bits per heavy atom. The first kappa shape index (κ1) is 12.6. The minimum Gasteiger partial charge on any atom is -0.390 e. The van der Waals surface area contributed by atoms with Gasteiger partial charge in [0.15, 0.2) is 0 Å². The number of nitrogens with zero attached hydrogens (tertiary/aromatic N) is 1. The molecule has 0 aliphatic carbocycles. The summed E-state index contributed by atoms with van der Waals surface area (Å²) >= 11 is 0. The van der Waals surface area contributed by atoms with Gasteiger partial charge in [-0.15, -0.1) is 0 Å². The Morgan fingerprint density at radius 3 is 2.60 bits per heavy atom. The Hall–Kier alpha value is -0.473. The lowest BCUT2D eigenvalue weighted by Gasteiger charge is -2.17. The van der Waals surface area contributed by atoms with Crippen molar-refractivity contribution in [2.24, 2.45) is 11.7 Å². The van der Waals surface area contributed by atoms with E-state index in [1.807, 2.05) is 0 Å². The fourth-order valence-corrected chi connectivity index (χ4v) is 2.37. The van der Waals surface area contributed by atoms with Crippen LogP contribution in [-0.4, -0.2) is 53.6 Å². The van der Waals surface area contributed by atoms with Crippen molar-refractivity contribution < 1.29 is 19.2 Å². The van der Waals surface area contributed by atoms with Crippen LogP contribution < -0.4 is 5.73 Å². The van der Waals surface area contributed by atoms with Crippen LogP contribution in [0.4, 0.5) is 0 Å². The highest BCUT2D eigenvalue weighted by molar-refractivity contribution is 6.56. The molecule has 1 aliphatic rings. The van der Waals surface area contributed by atoms with Crippen LogP contribution >= 0.6 is 0 Å². The van der Waals surface area contributed by atoms with Crippen LogP contribution in [0.25, 0.3) is 0 Å². The molecule has 1 amide bonds. The summed E-state index contributed by atoms with van der Waals surface area (Å²) in [5, 5.41) is 0. The second kappa shape index (κ2) is 5.04. The number of hydrogen-bond acceptors (Lipinski definition) is 5. The third kappa shape index (κ3) is 4.27. The van der Waals surface area contributed by atoms with E-state index in [-0.39, 0.29) is 17.9 Å². The molecular weight excluding hydrogens is 216 g/mol. The van der Waals surface area contributed by atoms with E-state index in [2.05, 4.69) is 0 Å². The summed E-state index contributed by atoms with van der Waals surface area (Å²) in [4.78, 5) is 39.4. The van der Waals surface area contributed by atoms with Crippen molar-refractivity contribution in [1.29, 1.82) is 0 Å². The maximum atomic E-state index is 11.4. The molecule has 1 aliphatic heterocycles. The van der Waals surface area contributed by atoms with E-state index in [0.717, 1.165) is 0 Å². The van der Waals surface area contributed by atoms with Gasteiger partial charge in [-0.2, -0.15) is 0 Å². The zero-order valence-corrected chi connectivity index (χ0v) is 9.59. The fourth-order valence-electron chi connectivity index (χ4n) is 1.74. The minimum atomic E-state index is -3.94. The first-order chi connectivity index (χ1) is 6.92. The molecule has 0 spiro atoms. The zero-order chi connectivity index (χ0) is 11.5. The van der Waals surface area contributed by atoms with Crippen LogP contribution in [0.1, 0.15) is 12.8 Å². The van der Waals surface area contributed by atoms with Crippen molar-refractivity contribution in [3.8, 4) is 0 Å². The number of amides is 1. The molecule has 0 aromatic rings. The Bertz CT molecular complexity index is 231. The largest absolute Gasteiger partial charge is 0.492 e. The topological polar surface area (TPSA) is 107 Å². The summed E-state index contributed by atoms with van der Waals surface area (Å²) in [6.45, 7) is 1.61. The Kier molecular flexibility index (Phi) is 4.23. The summed E-state index contributed by atoms with van der Waals surface area (Å²) in [7, 11) is -3.94. The Labute approximate surface area is 89.7 Å². The molecule has 0 saturated carbocycles. The maximum absolute atomic E-state index is 11.4. The highest BCUT2D eigenvalue weighted by atomic mass is 28.4. The summed E-state index contributed by atoms with van der Waals surface area (Å²) in [5.41, 5.74) is 5.46. The first-order valence-corrected chi connectivity index (χ1v) is 7.12. The standard InChI is InChI=1S/C8H18N2O4Si/c9-5-7-4-8(11)10(6-7)2-1-3-15(12,13)14/h7,12-14H,1-6,9H2. The second-order valence-electron chi connectivity index (χ2n) is 4.02. The lowest BCUT2D eigenvalue weighted by atomic mass is 10.1. The van der Waals surface area contributed by atoms with Crippen LogP contribution in [0, 0.1) is 5.92 Å². The van der Waals surface area contributed by atoms with Gasteiger partial charge in [0.05, 0.1) is 0 Å². The molecule has 1 fully saturated rings. The average molecular weight is 234 g/mol. The number of rotatable bonds is 5. The van der Waals surface area contributed by atoms with Gasteiger partial charge in [0, 0.05) is 25.6 Å². The van der Waals surface area contributed by atoms with Crippen LogP contribution in [0.5, 0.6) is 0 Å². The van der Waals surface area contributed by atoms with Crippen molar-refractivity contribution >= 4 is 14.7 Å². The van der Waals surface area contributed by atoms with Crippen LogP contribution in [0.15, 0.2) is 0 Å². The van der Waals surface area contributed by atoms with Crippen molar-refractivity contribution in [2.75, 3.05) is 19.6 Å². The Morgan fingerprint density at radius 2 is 2.13 bits per heavy atom. The van der Waals surface area contributed by atoms with E-state index in [1.54, 1.807) is 4.90 Å². The summed E-state index contributed by atoms with van der Waals surface area (Å²) in [6.07, 6.45) is 0.898. The van der Waals surface area contributed by atoms with Crippen LogP contribution in [0.2, 0.25) is 6.04 Å². The third-order valence-corrected chi connectivity index (χ3v) is 3.59. The van der Waals surface area contributed by atoms with Gasteiger partial charge in [-0.1, -0.05) is 0 Å². The fraction of sp³-hybridized carbons (Fsp3) is 0.875. The molecule has 1 rings (SSSR count). The van der Waals surface area contributed by atoms with Gasteiger partial charge in [0.25, 0.3) is 0 Å². The lowest BCUT2D eigenvalue weighted by molar-refractivity contribution is -0.127. The number of likely N-dealkylation sites (tertiary alicyclic amines) is 1. The molecule has 7 heteroatoms. The van der Waals surface area contributed by atoms with Gasteiger partial charge in [0.1, 0.15) is 0 Å². The third-order valence-electron chi connectivity index (χ3n) is 2.57. The van der Waals surface area contributed by atoms with Gasteiger partial charge in [-0.3, -0.25) is 4.79 Å². The van der Waals surface area contributed by atoms with E-state index in [0.29, 0.717) is 32.5 Å². The molecule has 0 aromatic heterocycles. The van der Waals surface area contributed by atoms with E-state index in [9.17, 15) is 4.79 Å². The number of carbonyl (C=O) groups is 1. The molecule has 88 valence electrons. The predicted molar refractivity (Wildman–Crippen MR) is 55.6 cm³/mol. The predicted octanol–water partition coefficient (Wildman–Crippen LogP) is -1.90. The quantitative estimate of drug-likeness (QED) is 0.416. The second-order valence-corrected chi connectivity index (χ2v) is 6.07. The van der Waals surface area contributed by atoms with E-state index < -0.39 is 8.80 Å². The smallest absolute Gasteiger partial charge is 0.390 e. The molecule has 0 aromatic carbocycles. The van der Waals surface area contributed by atoms with Crippen LogP contribution in [0.3, 0.4) is 0 Å². The zero-order valence-electron chi connectivity index (χ0n) is 8.59. The molecule has 15 heavy (non-hydrogen) atoms. The lowest BCUT2D eigenvalue weighted by Crippen LogP contribution is -2.36. The maximum Gasteiger partial charge on any atom is 0.492 e. The normalized spacial score (nSPS) is 22.5. The monoisotopic (exact) mass is 234 g/mol.